The molecule has 4 nitrogen and oxygen atoms in total. The molecular weight excluding hydrogens is 332 g/mol. The first kappa shape index (κ1) is 16.6. The van der Waals surface area contributed by atoms with Crippen molar-refractivity contribution in [2.24, 2.45) is 5.73 Å². The van der Waals surface area contributed by atoms with Crippen LogP contribution in [-0.4, -0.2) is 37.2 Å². The molecule has 0 saturated carbocycles. The summed E-state index contributed by atoms with van der Waals surface area (Å²) in [5.74, 6) is 1.59. The van der Waals surface area contributed by atoms with Crippen molar-refractivity contribution in [2.45, 2.75) is 38.8 Å². The fourth-order valence-electron chi connectivity index (χ4n) is 2.51. The topological polar surface area (TPSA) is 47.7 Å². The highest BCUT2D eigenvalue weighted by Gasteiger charge is 2.29. The Labute approximate surface area is 135 Å². The van der Waals surface area contributed by atoms with Gasteiger partial charge in [0.05, 0.1) is 4.47 Å². The van der Waals surface area contributed by atoms with E-state index in [2.05, 4.69) is 60.8 Å². The second-order valence-electron chi connectivity index (χ2n) is 6.06. The number of fused-ring (bicyclic) bond motifs is 1. The molecule has 21 heavy (non-hydrogen) atoms. The van der Waals surface area contributed by atoms with Crippen LogP contribution in [-0.2, 0) is 0 Å². The SMILES string of the molecule is CCC(C)(C)N(C)C(CN)c1cc(Br)c2c(c1)OCCO2. The van der Waals surface area contributed by atoms with Gasteiger partial charge in [-0.3, -0.25) is 4.90 Å². The van der Waals surface area contributed by atoms with Gasteiger partial charge in [-0.1, -0.05) is 6.92 Å². The van der Waals surface area contributed by atoms with Crippen LogP contribution >= 0.6 is 15.9 Å². The van der Waals surface area contributed by atoms with E-state index < -0.39 is 0 Å². The van der Waals surface area contributed by atoms with Crippen LogP contribution in [0.3, 0.4) is 0 Å². The van der Waals surface area contributed by atoms with Crippen molar-refractivity contribution in [3.63, 3.8) is 0 Å². The average Bonchev–Trinajstić information content (AvgIpc) is 2.48. The molecular formula is C16H25BrN2O2. The molecule has 1 aliphatic heterocycles. The molecule has 0 fully saturated rings. The Balaban J connectivity index is 2.37. The zero-order chi connectivity index (χ0) is 15.6. The van der Waals surface area contributed by atoms with E-state index in [9.17, 15) is 0 Å². The fraction of sp³-hybridized carbons (Fsp3) is 0.625. The Morgan fingerprint density at radius 3 is 2.62 bits per heavy atom. The molecule has 0 spiro atoms. The molecule has 2 rings (SSSR count). The van der Waals surface area contributed by atoms with Gasteiger partial charge in [-0.15, -0.1) is 0 Å². The molecule has 5 heteroatoms. The smallest absolute Gasteiger partial charge is 0.175 e. The van der Waals surface area contributed by atoms with Gasteiger partial charge >= 0.3 is 0 Å². The molecule has 0 amide bonds. The summed E-state index contributed by atoms with van der Waals surface area (Å²) in [6, 6.07) is 4.29. The van der Waals surface area contributed by atoms with E-state index >= 15 is 0 Å². The van der Waals surface area contributed by atoms with Gasteiger partial charge in [0, 0.05) is 18.1 Å². The number of rotatable bonds is 5. The Hall–Kier alpha value is -0.780. The van der Waals surface area contributed by atoms with E-state index in [1.54, 1.807) is 0 Å². The monoisotopic (exact) mass is 356 g/mol. The number of benzene rings is 1. The van der Waals surface area contributed by atoms with Gasteiger partial charge in [0.2, 0.25) is 0 Å². The van der Waals surface area contributed by atoms with E-state index in [0.29, 0.717) is 19.8 Å². The molecule has 1 aliphatic rings. The highest BCUT2D eigenvalue weighted by atomic mass is 79.9. The van der Waals surface area contributed by atoms with Crippen LogP contribution in [0.5, 0.6) is 11.5 Å². The summed E-state index contributed by atoms with van der Waals surface area (Å²) in [4.78, 5) is 2.34. The van der Waals surface area contributed by atoms with Crippen LogP contribution < -0.4 is 15.2 Å². The number of ether oxygens (including phenoxy) is 2. The van der Waals surface area contributed by atoms with Crippen LogP contribution in [0.1, 0.15) is 38.8 Å². The number of nitrogens with two attached hydrogens (primary N) is 1. The van der Waals surface area contributed by atoms with E-state index in [4.69, 9.17) is 15.2 Å². The van der Waals surface area contributed by atoms with Crippen molar-refractivity contribution < 1.29 is 9.47 Å². The lowest BCUT2D eigenvalue weighted by Gasteiger charge is -2.41. The number of hydrogen-bond acceptors (Lipinski definition) is 4. The minimum absolute atomic E-state index is 0.0871. The minimum Gasteiger partial charge on any atom is -0.486 e. The van der Waals surface area contributed by atoms with Crippen LogP contribution in [0, 0.1) is 0 Å². The zero-order valence-corrected chi connectivity index (χ0v) is 14.9. The van der Waals surface area contributed by atoms with Crippen LogP contribution in [0.2, 0.25) is 0 Å². The molecule has 2 N–H and O–H groups in total. The van der Waals surface area contributed by atoms with Gasteiger partial charge in [0.25, 0.3) is 0 Å². The van der Waals surface area contributed by atoms with E-state index in [0.717, 1.165) is 28.0 Å². The summed E-state index contributed by atoms with van der Waals surface area (Å²) in [5, 5.41) is 0. The summed E-state index contributed by atoms with van der Waals surface area (Å²) in [6.07, 6.45) is 1.06. The number of nitrogens with zero attached hydrogens (tertiary/aromatic N) is 1. The van der Waals surface area contributed by atoms with E-state index in [1.807, 2.05) is 0 Å². The molecule has 0 saturated heterocycles. The number of halogens is 1. The summed E-state index contributed by atoms with van der Waals surface area (Å²) < 4.78 is 12.3. The van der Waals surface area contributed by atoms with E-state index in [-0.39, 0.29) is 11.6 Å². The Kier molecular flexibility index (Phi) is 5.17. The molecule has 1 aromatic carbocycles. The highest BCUT2D eigenvalue weighted by molar-refractivity contribution is 9.10. The number of likely N-dealkylation sites (N-methyl/N-ethyl adjacent to an activating group) is 1. The van der Waals surface area contributed by atoms with Gasteiger partial charge in [0.15, 0.2) is 11.5 Å². The number of hydrogen-bond donors (Lipinski definition) is 1. The van der Waals surface area contributed by atoms with Crippen molar-refractivity contribution in [2.75, 3.05) is 26.8 Å². The molecule has 0 bridgehead atoms. The van der Waals surface area contributed by atoms with Crippen molar-refractivity contribution in [1.29, 1.82) is 0 Å². The van der Waals surface area contributed by atoms with Crippen molar-refractivity contribution in [3.05, 3.63) is 22.2 Å². The first-order valence-electron chi connectivity index (χ1n) is 7.42. The quantitative estimate of drug-likeness (QED) is 0.878. The predicted octanol–water partition coefficient (Wildman–Crippen LogP) is 3.34. The van der Waals surface area contributed by atoms with Crippen LogP contribution in [0.25, 0.3) is 0 Å². The third-order valence-electron chi connectivity index (χ3n) is 4.51. The summed E-state index contributed by atoms with van der Waals surface area (Å²) in [5.41, 5.74) is 7.29. The third-order valence-corrected chi connectivity index (χ3v) is 5.10. The zero-order valence-electron chi connectivity index (χ0n) is 13.3. The minimum atomic E-state index is 0.0871. The van der Waals surface area contributed by atoms with E-state index in [1.165, 1.54) is 0 Å². The van der Waals surface area contributed by atoms with Gasteiger partial charge in [-0.25, -0.2) is 0 Å². The molecule has 0 aliphatic carbocycles. The summed E-state index contributed by atoms with van der Waals surface area (Å²) >= 11 is 3.58. The maximum absolute atomic E-state index is 6.05. The lowest BCUT2D eigenvalue weighted by atomic mass is 9.94. The molecule has 0 radical (unpaired) electrons. The van der Waals surface area contributed by atoms with Crippen LogP contribution in [0.4, 0.5) is 0 Å². The van der Waals surface area contributed by atoms with Gasteiger partial charge in [-0.2, -0.15) is 0 Å². The normalized spacial score (nSPS) is 16.1. The molecule has 118 valence electrons. The summed E-state index contributed by atoms with van der Waals surface area (Å²) in [7, 11) is 2.13. The fourth-order valence-corrected chi connectivity index (χ4v) is 3.09. The lowest BCUT2D eigenvalue weighted by molar-refractivity contribution is 0.0998. The van der Waals surface area contributed by atoms with Gasteiger partial charge < -0.3 is 15.2 Å². The Bertz CT molecular complexity index is 505. The molecule has 0 aromatic heterocycles. The Morgan fingerprint density at radius 2 is 2.00 bits per heavy atom. The van der Waals surface area contributed by atoms with Crippen molar-refractivity contribution >= 4 is 15.9 Å². The maximum atomic E-state index is 6.05. The molecule has 1 unspecified atom stereocenters. The highest BCUT2D eigenvalue weighted by Crippen LogP contribution is 2.41. The van der Waals surface area contributed by atoms with Crippen LogP contribution in [0.15, 0.2) is 16.6 Å². The average molecular weight is 357 g/mol. The molecule has 1 heterocycles. The lowest BCUT2D eigenvalue weighted by Crippen LogP contribution is -2.45. The maximum Gasteiger partial charge on any atom is 0.175 e. The second kappa shape index (κ2) is 6.55. The Morgan fingerprint density at radius 1 is 1.33 bits per heavy atom. The standard InChI is InChI=1S/C16H25BrN2O2/c1-5-16(2,3)19(4)13(10-18)11-8-12(17)15-14(9-11)20-6-7-21-15/h8-9,13H,5-7,10,18H2,1-4H3. The molecule has 1 atom stereocenters. The molecule has 1 aromatic rings. The van der Waals surface area contributed by atoms with Crippen molar-refractivity contribution in [3.8, 4) is 11.5 Å². The van der Waals surface area contributed by atoms with Gasteiger partial charge in [0.1, 0.15) is 13.2 Å². The van der Waals surface area contributed by atoms with Gasteiger partial charge in [-0.05, 0) is 60.9 Å². The van der Waals surface area contributed by atoms with Crippen molar-refractivity contribution in [1.82, 2.24) is 4.90 Å². The second-order valence-corrected chi connectivity index (χ2v) is 6.91. The summed E-state index contributed by atoms with van der Waals surface area (Å²) in [6.45, 7) is 8.42. The largest absolute Gasteiger partial charge is 0.486 e. The first-order valence-corrected chi connectivity index (χ1v) is 8.22. The third kappa shape index (κ3) is 3.35. The first-order chi connectivity index (χ1) is 9.90. The predicted molar refractivity (Wildman–Crippen MR) is 89.1 cm³/mol.